The topological polar surface area (TPSA) is 72.5 Å². The second-order valence-electron chi connectivity index (χ2n) is 4.67. The quantitative estimate of drug-likeness (QED) is 0.845. The number of hydrogen-bond acceptors (Lipinski definition) is 4. The van der Waals surface area contributed by atoms with Crippen LogP contribution in [-0.4, -0.2) is 27.5 Å². The first-order valence-corrected chi connectivity index (χ1v) is 8.44. The predicted molar refractivity (Wildman–Crippen MR) is 77.7 cm³/mol. The zero-order chi connectivity index (χ0) is 15.5. The third-order valence-corrected chi connectivity index (χ3v) is 4.16. The highest BCUT2D eigenvalue weighted by Crippen LogP contribution is 2.30. The number of likely N-dealkylation sites (N-methyl/N-ethyl adjacent to an activating group) is 1. The maximum Gasteiger partial charge on any atom is 0.261 e. The van der Waals surface area contributed by atoms with Gasteiger partial charge in [-0.1, -0.05) is 13.8 Å². The van der Waals surface area contributed by atoms with E-state index in [4.69, 9.17) is 15.4 Å². The van der Waals surface area contributed by atoms with Gasteiger partial charge in [-0.25, -0.2) is 8.42 Å². The van der Waals surface area contributed by atoms with E-state index in [0.29, 0.717) is 11.3 Å². The highest BCUT2D eigenvalue weighted by Gasteiger charge is 2.19. The van der Waals surface area contributed by atoms with E-state index in [1.807, 2.05) is 13.8 Å². The Balaban J connectivity index is 3.18. The Labute approximate surface area is 123 Å². The summed E-state index contributed by atoms with van der Waals surface area (Å²) in [7, 11) is 3.07. The molecule has 20 heavy (non-hydrogen) atoms. The van der Waals surface area contributed by atoms with E-state index in [9.17, 15) is 13.2 Å². The van der Waals surface area contributed by atoms with E-state index in [0.717, 1.165) is 0 Å². The van der Waals surface area contributed by atoms with Crippen LogP contribution in [0.5, 0.6) is 5.75 Å². The Morgan fingerprint density at radius 2 is 1.90 bits per heavy atom. The van der Waals surface area contributed by atoms with E-state index in [1.54, 1.807) is 6.92 Å². The number of nitrogens with one attached hydrogen (secondary N) is 1. The highest BCUT2D eigenvalue weighted by atomic mass is 35.7. The molecule has 5 nitrogen and oxygen atoms in total. The molecule has 1 N–H and O–H groups in total. The van der Waals surface area contributed by atoms with E-state index >= 15 is 0 Å². The van der Waals surface area contributed by atoms with Gasteiger partial charge < -0.3 is 10.1 Å². The molecule has 0 saturated carbocycles. The Bertz CT molecular complexity index is 598. The Morgan fingerprint density at radius 3 is 2.35 bits per heavy atom. The maximum atomic E-state index is 11.5. The summed E-state index contributed by atoms with van der Waals surface area (Å²) >= 11 is 0. The van der Waals surface area contributed by atoms with Crippen LogP contribution in [0.1, 0.15) is 32.3 Å². The van der Waals surface area contributed by atoms with Crippen molar-refractivity contribution in [2.75, 3.05) is 7.05 Å². The number of amides is 1. The fourth-order valence-electron chi connectivity index (χ4n) is 1.68. The molecule has 7 heteroatoms. The van der Waals surface area contributed by atoms with Gasteiger partial charge in [-0.2, -0.15) is 0 Å². The van der Waals surface area contributed by atoms with Crippen molar-refractivity contribution in [3.8, 4) is 5.75 Å². The van der Waals surface area contributed by atoms with Gasteiger partial charge in [-0.3, -0.25) is 4.79 Å². The average molecular weight is 320 g/mol. The summed E-state index contributed by atoms with van der Waals surface area (Å²) in [5.41, 5.74) is 0.683. The van der Waals surface area contributed by atoms with Crippen LogP contribution in [0, 0.1) is 0 Å². The summed E-state index contributed by atoms with van der Waals surface area (Å²) in [6, 6.07) is 4.35. The summed E-state index contributed by atoms with van der Waals surface area (Å²) in [6.45, 7) is 5.42. The molecule has 0 spiro atoms. The van der Waals surface area contributed by atoms with E-state index < -0.39 is 15.2 Å². The molecule has 0 aliphatic rings. The SMILES string of the molecule is CNC(=O)C(C)Oc1ccc(S(=O)(=O)Cl)cc1C(C)C. The predicted octanol–water partition coefficient (Wildman–Crippen LogP) is 2.25. The molecule has 0 aliphatic heterocycles. The van der Waals surface area contributed by atoms with Crippen molar-refractivity contribution in [1.29, 1.82) is 0 Å². The smallest absolute Gasteiger partial charge is 0.261 e. The lowest BCUT2D eigenvalue weighted by Crippen LogP contribution is -2.34. The number of ether oxygens (including phenoxy) is 1. The van der Waals surface area contributed by atoms with Crippen LogP contribution in [0.2, 0.25) is 0 Å². The standard InChI is InChI=1S/C13H18ClNO4S/c1-8(2)11-7-10(20(14,17)18)5-6-12(11)19-9(3)13(16)15-4/h5-9H,1-4H3,(H,15,16). The van der Waals surface area contributed by atoms with Crippen molar-refractivity contribution >= 4 is 25.6 Å². The van der Waals surface area contributed by atoms with Gasteiger partial charge in [-0.15, -0.1) is 0 Å². The zero-order valence-corrected chi connectivity index (χ0v) is 13.4. The summed E-state index contributed by atoms with van der Waals surface area (Å²) in [5.74, 6) is 0.245. The lowest BCUT2D eigenvalue weighted by atomic mass is 10.0. The number of benzene rings is 1. The van der Waals surface area contributed by atoms with Crippen LogP contribution in [0.25, 0.3) is 0 Å². The molecule has 1 amide bonds. The second-order valence-corrected chi connectivity index (χ2v) is 7.23. The molecule has 0 radical (unpaired) electrons. The fraction of sp³-hybridized carbons (Fsp3) is 0.462. The number of rotatable bonds is 5. The summed E-state index contributed by atoms with van der Waals surface area (Å²) in [4.78, 5) is 11.5. The molecular weight excluding hydrogens is 302 g/mol. The van der Waals surface area contributed by atoms with Crippen LogP contribution < -0.4 is 10.1 Å². The molecule has 0 fully saturated rings. The third-order valence-electron chi connectivity index (χ3n) is 2.80. The molecule has 112 valence electrons. The van der Waals surface area contributed by atoms with Crippen LogP contribution in [-0.2, 0) is 13.8 Å². The van der Waals surface area contributed by atoms with Crippen LogP contribution in [0.4, 0.5) is 0 Å². The number of hydrogen-bond donors (Lipinski definition) is 1. The average Bonchev–Trinajstić information content (AvgIpc) is 2.36. The van der Waals surface area contributed by atoms with Crippen molar-refractivity contribution in [1.82, 2.24) is 5.32 Å². The summed E-state index contributed by atoms with van der Waals surface area (Å²) < 4.78 is 28.3. The minimum atomic E-state index is -3.79. The largest absolute Gasteiger partial charge is 0.481 e. The molecule has 0 heterocycles. The van der Waals surface area contributed by atoms with Crippen molar-refractivity contribution in [3.63, 3.8) is 0 Å². The van der Waals surface area contributed by atoms with Crippen LogP contribution in [0.3, 0.4) is 0 Å². The van der Waals surface area contributed by atoms with Gasteiger partial charge in [0.1, 0.15) is 5.75 Å². The molecule has 0 bridgehead atoms. The number of carbonyl (C=O) groups is 1. The summed E-state index contributed by atoms with van der Waals surface area (Å²) in [6.07, 6.45) is -0.670. The lowest BCUT2D eigenvalue weighted by Gasteiger charge is -2.18. The van der Waals surface area contributed by atoms with Gasteiger partial charge in [0, 0.05) is 17.7 Å². The Morgan fingerprint density at radius 1 is 1.30 bits per heavy atom. The number of halogens is 1. The minimum absolute atomic E-state index is 0.0165. The van der Waals surface area contributed by atoms with E-state index in [1.165, 1.54) is 25.2 Å². The first-order valence-electron chi connectivity index (χ1n) is 6.13. The molecule has 1 unspecified atom stereocenters. The molecule has 0 saturated heterocycles. The van der Waals surface area contributed by atoms with E-state index in [2.05, 4.69) is 5.32 Å². The Kier molecular flexibility index (Phi) is 5.42. The highest BCUT2D eigenvalue weighted by molar-refractivity contribution is 8.13. The van der Waals surface area contributed by atoms with Crippen LogP contribution >= 0.6 is 10.7 Å². The van der Waals surface area contributed by atoms with Gasteiger partial charge in [-0.05, 0) is 36.6 Å². The van der Waals surface area contributed by atoms with Gasteiger partial charge in [0.05, 0.1) is 4.90 Å². The normalized spacial score (nSPS) is 13.1. The van der Waals surface area contributed by atoms with Crippen molar-refractivity contribution < 1.29 is 17.9 Å². The van der Waals surface area contributed by atoms with Crippen LogP contribution in [0.15, 0.2) is 23.1 Å². The maximum absolute atomic E-state index is 11.5. The Hall–Kier alpha value is -1.27. The van der Waals surface area contributed by atoms with Crippen molar-refractivity contribution in [2.24, 2.45) is 0 Å². The molecule has 1 aromatic rings. The summed E-state index contributed by atoms with van der Waals surface area (Å²) in [5, 5.41) is 2.49. The van der Waals surface area contributed by atoms with E-state index in [-0.39, 0.29) is 16.7 Å². The molecule has 1 aromatic carbocycles. The van der Waals surface area contributed by atoms with Gasteiger partial charge >= 0.3 is 0 Å². The fourth-order valence-corrected chi connectivity index (χ4v) is 2.47. The van der Waals surface area contributed by atoms with Gasteiger partial charge in [0.15, 0.2) is 6.10 Å². The molecule has 0 aliphatic carbocycles. The third kappa shape index (κ3) is 4.11. The molecular formula is C13H18ClNO4S. The lowest BCUT2D eigenvalue weighted by molar-refractivity contribution is -0.126. The zero-order valence-electron chi connectivity index (χ0n) is 11.8. The first-order chi connectivity index (χ1) is 9.16. The van der Waals surface area contributed by atoms with Gasteiger partial charge in [0.25, 0.3) is 15.0 Å². The molecule has 1 atom stereocenters. The second kappa shape index (κ2) is 6.45. The first kappa shape index (κ1) is 16.8. The van der Waals surface area contributed by atoms with Gasteiger partial charge in [0.2, 0.25) is 0 Å². The molecule has 1 rings (SSSR count). The molecule has 0 aromatic heterocycles. The van der Waals surface area contributed by atoms with Crippen molar-refractivity contribution in [3.05, 3.63) is 23.8 Å². The minimum Gasteiger partial charge on any atom is -0.481 e. The monoisotopic (exact) mass is 319 g/mol. The van der Waals surface area contributed by atoms with Crippen molar-refractivity contribution in [2.45, 2.75) is 37.7 Å². The number of carbonyl (C=O) groups excluding carboxylic acids is 1.